The van der Waals surface area contributed by atoms with Gasteiger partial charge in [-0.1, -0.05) is 27.5 Å². The zero-order valence-electron chi connectivity index (χ0n) is 9.73. The lowest BCUT2D eigenvalue weighted by Crippen LogP contribution is -1.97. The maximum absolute atomic E-state index is 14.0. The van der Waals surface area contributed by atoms with Crippen LogP contribution < -0.4 is 0 Å². The third-order valence-corrected chi connectivity index (χ3v) is 4.85. The lowest BCUT2D eigenvalue weighted by molar-refractivity contribution is 0.501. The van der Waals surface area contributed by atoms with E-state index in [0.717, 1.165) is 17.1 Å². The van der Waals surface area contributed by atoms with Crippen LogP contribution in [0.25, 0.3) is 0 Å². The molecule has 0 saturated heterocycles. The molecule has 1 unspecified atom stereocenters. The van der Waals surface area contributed by atoms with Crippen LogP contribution in [-0.2, 0) is 0 Å². The topological polar surface area (TPSA) is 13.1 Å². The van der Waals surface area contributed by atoms with Crippen LogP contribution in [0.4, 0.5) is 4.39 Å². The molecule has 18 heavy (non-hydrogen) atoms. The summed E-state index contributed by atoms with van der Waals surface area (Å²) in [5, 5.41) is 0.480. The minimum Gasteiger partial charge on any atom is -0.466 e. The Labute approximate surface area is 127 Å². The maximum atomic E-state index is 14.0. The van der Waals surface area contributed by atoms with Crippen molar-refractivity contribution in [2.24, 2.45) is 0 Å². The van der Waals surface area contributed by atoms with Crippen molar-refractivity contribution >= 4 is 43.5 Å². The van der Waals surface area contributed by atoms with Gasteiger partial charge in [0, 0.05) is 15.6 Å². The fourth-order valence-corrected chi connectivity index (χ4v) is 3.09. The molecule has 1 nitrogen and oxygen atoms in total. The number of aryl methyl sites for hydroxylation is 2. The molecule has 0 N–H and O–H groups in total. The predicted molar refractivity (Wildman–Crippen MR) is 78.1 cm³/mol. The van der Waals surface area contributed by atoms with Crippen LogP contribution in [-0.4, -0.2) is 0 Å². The van der Waals surface area contributed by atoms with Gasteiger partial charge in [0.2, 0.25) is 0 Å². The Morgan fingerprint density at radius 3 is 2.44 bits per heavy atom. The summed E-state index contributed by atoms with van der Waals surface area (Å²) in [7, 11) is 0. The van der Waals surface area contributed by atoms with Gasteiger partial charge in [0.25, 0.3) is 0 Å². The van der Waals surface area contributed by atoms with E-state index in [1.54, 1.807) is 6.07 Å². The largest absolute Gasteiger partial charge is 0.466 e. The lowest BCUT2D eigenvalue weighted by Gasteiger charge is -2.11. The van der Waals surface area contributed by atoms with Gasteiger partial charge in [0.1, 0.15) is 17.3 Å². The SMILES string of the molecule is Cc1cc(C(Br)c2cc(Cl)c(Br)cc2F)c(C)o1. The highest BCUT2D eigenvalue weighted by atomic mass is 79.9. The summed E-state index contributed by atoms with van der Waals surface area (Å²) >= 11 is 12.7. The number of hydrogen-bond acceptors (Lipinski definition) is 1. The number of alkyl halides is 1. The minimum atomic E-state index is -0.314. The Bertz CT molecular complexity index is 595. The van der Waals surface area contributed by atoms with Gasteiger partial charge < -0.3 is 4.42 Å². The lowest BCUT2D eigenvalue weighted by atomic mass is 10.0. The Morgan fingerprint density at radius 2 is 1.89 bits per heavy atom. The molecule has 0 fully saturated rings. The first-order valence-corrected chi connectivity index (χ1v) is 7.34. The van der Waals surface area contributed by atoms with Crippen LogP contribution in [0.15, 0.2) is 27.1 Å². The van der Waals surface area contributed by atoms with Crippen LogP contribution in [0, 0.1) is 19.7 Å². The van der Waals surface area contributed by atoms with E-state index in [1.165, 1.54) is 6.07 Å². The van der Waals surface area contributed by atoms with E-state index >= 15 is 0 Å². The molecular formula is C13H10Br2ClFO. The second-order valence-electron chi connectivity index (χ2n) is 4.02. The molecule has 1 heterocycles. The Morgan fingerprint density at radius 1 is 1.22 bits per heavy atom. The fraction of sp³-hybridized carbons (Fsp3) is 0.231. The van der Waals surface area contributed by atoms with Gasteiger partial charge in [-0.05, 0) is 48.0 Å². The molecule has 0 saturated carbocycles. The molecule has 1 aromatic heterocycles. The number of rotatable bonds is 2. The fourth-order valence-electron chi connectivity index (χ4n) is 1.80. The van der Waals surface area contributed by atoms with Crippen LogP contribution in [0.1, 0.15) is 27.5 Å². The van der Waals surface area contributed by atoms with E-state index in [-0.39, 0.29) is 10.6 Å². The Balaban J connectivity index is 2.49. The van der Waals surface area contributed by atoms with Gasteiger partial charge in [0.05, 0.1) is 9.85 Å². The highest BCUT2D eigenvalue weighted by Gasteiger charge is 2.20. The highest BCUT2D eigenvalue weighted by molar-refractivity contribution is 9.10. The Kier molecular flexibility index (Phi) is 4.19. The predicted octanol–water partition coefficient (Wildman–Crippen LogP) is 5.94. The molecule has 96 valence electrons. The summed E-state index contributed by atoms with van der Waals surface area (Å²) in [6.45, 7) is 3.72. The van der Waals surface area contributed by atoms with Crippen molar-refractivity contribution in [1.29, 1.82) is 0 Å². The van der Waals surface area contributed by atoms with E-state index in [4.69, 9.17) is 16.0 Å². The molecule has 0 radical (unpaired) electrons. The van der Waals surface area contributed by atoms with E-state index in [1.807, 2.05) is 19.9 Å². The molecule has 0 bridgehead atoms. The average molecular weight is 396 g/mol. The van der Waals surface area contributed by atoms with Crippen LogP contribution >= 0.6 is 43.5 Å². The van der Waals surface area contributed by atoms with Crippen LogP contribution in [0.5, 0.6) is 0 Å². The number of hydrogen-bond donors (Lipinski definition) is 0. The number of halogens is 4. The van der Waals surface area contributed by atoms with Gasteiger partial charge in [-0.2, -0.15) is 0 Å². The average Bonchev–Trinajstić information content (AvgIpc) is 2.62. The molecule has 5 heteroatoms. The molecule has 2 aromatic rings. The van der Waals surface area contributed by atoms with E-state index < -0.39 is 0 Å². The van der Waals surface area contributed by atoms with Crippen molar-refractivity contribution in [3.05, 3.63) is 56.2 Å². The monoisotopic (exact) mass is 394 g/mol. The van der Waals surface area contributed by atoms with E-state index in [9.17, 15) is 4.39 Å². The maximum Gasteiger partial charge on any atom is 0.129 e. The van der Waals surface area contributed by atoms with Gasteiger partial charge in [-0.25, -0.2) is 4.39 Å². The van der Waals surface area contributed by atoms with Gasteiger partial charge in [-0.15, -0.1) is 0 Å². The Hall–Kier alpha value is -0.320. The number of furan rings is 1. The van der Waals surface area contributed by atoms with Gasteiger partial charge in [-0.3, -0.25) is 0 Å². The van der Waals surface area contributed by atoms with Gasteiger partial charge in [0.15, 0.2) is 0 Å². The summed E-state index contributed by atoms with van der Waals surface area (Å²) in [4.78, 5) is -0.277. The van der Waals surface area contributed by atoms with Crippen molar-refractivity contribution in [2.75, 3.05) is 0 Å². The molecule has 1 aromatic carbocycles. The summed E-state index contributed by atoms with van der Waals surface area (Å²) in [6.07, 6.45) is 0. The summed E-state index contributed by atoms with van der Waals surface area (Å²) in [5.41, 5.74) is 1.40. The molecule has 2 rings (SSSR count). The number of benzene rings is 1. The van der Waals surface area contributed by atoms with E-state index in [0.29, 0.717) is 15.1 Å². The smallest absolute Gasteiger partial charge is 0.129 e. The molecule has 0 aliphatic carbocycles. The van der Waals surface area contributed by atoms with Gasteiger partial charge >= 0.3 is 0 Å². The summed E-state index contributed by atoms with van der Waals surface area (Å²) in [6, 6.07) is 4.88. The molecular weight excluding hydrogens is 386 g/mol. The highest BCUT2D eigenvalue weighted by Crippen LogP contribution is 2.38. The summed E-state index contributed by atoms with van der Waals surface area (Å²) < 4.78 is 20.0. The van der Waals surface area contributed by atoms with Crippen molar-refractivity contribution in [2.45, 2.75) is 18.7 Å². The van der Waals surface area contributed by atoms with Crippen LogP contribution in [0.2, 0.25) is 5.02 Å². The normalized spacial score (nSPS) is 12.8. The third-order valence-electron chi connectivity index (χ3n) is 2.67. The first-order valence-electron chi connectivity index (χ1n) is 5.25. The molecule has 0 aliphatic heterocycles. The van der Waals surface area contributed by atoms with Crippen molar-refractivity contribution < 1.29 is 8.81 Å². The quantitative estimate of drug-likeness (QED) is 0.453. The zero-order valence-corrected chi connectivity index (χ0v) is 13.7. The van der Waals surface area contributed by atoms with Crippen molar-refractivity contribution in [1.82, 2.24) is 0 Å². The first kappa shape index (κ1) is 14.1. The van der Waals surface area contributed by atoms with E-state index in [2.05, 4.69) is 31.9 Å². The zero-order chi connectivity index (χ0) is 13.4. The molecule has 0 spiro atoms. The third kappa shape index (κ3) is 2.65. The molecule has 0 amide bonds. The first-order chi connectivity index (χ1) is 8.40. The standard InChI is InChI=1S/C13H10Br2ClFO/c1-6-3-8(7(2)18-6)13(15)9-4-11(16)10(14)5-12(9)17/h3-5,13H,1-2H3. The molecule has 0 aliphatic rings. The second kappa shape index (κ2) is 5.35. The minimum absolute atomic E-state index is 0.277. The van der Waals surface area contributed by atoms with Crippen LogP contribution in [0.3, 0.4) is 0 Å². The van der Waals surface area contributed by atoms with Crippen molar-refractivity contribution in [3.8, 4) is 0 Å². The van der Waals surface area contributed by atoms with Crippen molar-refractivity contribution in [3.63, 3.8) is 0 Å². The second-order valence-corrected chi connectivity index (χ2v) is 6.20. The molecule has 1 atom stereocenters. The summed E-state index contributed by atoms with van der Waals surface area (Å²) in [5.74, 6) is 1.26.